The fourth-order valence-corrected chi connectivity index (χ4v) is 3.18. The van der Waals surface area contributed by atoms with E-state index in [2.05, 4.69) is 34.6 Å². The van der Waals surface area contributed by atoms with E-state index < -0.39 is 0 Å². The van der Waals surface area contributed by atoms with Crippen molar-refractivity contribution in [3.63, 3.8) is 0 Å². The van der Waals surface area contributed by atoms with E-state index >= 15 is 0 Å². The van der Waals surface area contributed by atoms with E-state index in [1.807, 2.05) is 35.8 Å². The van der Waals surface area contributed by atoms with E-state index in [0.29, 0.717) is 11.6 Å². The molecular weight excluding hydrogens is 326 g/mol. The van der Waals surface area contributed by atoms with Crippen LogP contribution in [-0.2, 0) is 6.42 Å². The van der Waals surface area contributed by atoms with Gasteiger partial charge in [-0.1, -0.05) is 13.0 Å². The van der Waals surface area contributed by atoms with Crippen molar-refractivity contribution in [2.24, 2.45) is 0 Å². The molecule has 0 unspecified atom stereocenters. The van der Waals surface area contributed by atoms with Crippen LogP contribution in [0.2, 0.25) is 0 Å². The molecule has 0 spiro atoms. The van der Waals surface area contributed by atoms with Crippen molar-refractivity contribution in [2.45, 2.75) is 46.1 Å². The topological polar surface area (TPSA) is 71.3 Å². The van der Waals surface area contributed by atoms with Crippen LogP contribution in [0.3, 0.4) is 0 Å². The lowest BCUT2D eigenvalue weighted by Crippen LogP contribution is -2.25. The molecule has 1 amide bonds. The van der Waals surface area contributed by atoms with Crippen molar-refractivity contribution in [2.75, 3.05) is 5.32 Å². The van der Waals surface area contributed by atoms with Crippen molar-refractivity contribution in [1.29, 1.82) is 0 Å². The van der Waals surface area contributed by atoms with Crippen molar-refractivity contribution < 1.29 is 4.79 Å². The molecule has 0 aliphatic heterocycles. The molecule has 6 heteroatoms. The van der Waals surface area contributed by atoms with Gasteiger partial charge in [-0.05, 0) is 61.9 Å². The Bertz CT molecular complexity index is 987. The summed E-state index contributed by atoms with van der Waals surface area (Å²) in [7, 11) is 0. The van der Waals surface area contributed by atoms with Gasteiger partial charge in [-0.25, -0.2) is 9.50 Å². The molecule has 26 heavy (non-hydrogen) atoms. The molecule has 0 radical (unpaired) electrons. The number of anilines is 2. The number of aryl methyl sites for hydroxylation is 3. The minimum absolute atomic E-state index is 0.0180. The zero-order valence-corrected chi connectivity index (χ0v) is 15.3. The first-order valence-electron chi connectivity index (χ1n) is 9.07. The lowest BCUT2D eigenvalue weighted by atomic mass is 10.1. The molecular formula is C20H23N5O. The van der Waals surface area contributed by atoms with Crippen molar-refractivity contribution >= 4 is 22.9 Å². The monoisotopic (exact) mass is 349 g/mol. The van der Waals surface area contributed by atoms with Crippen LogP contribution < -0.4 is 10.6 Å². The molecule has 1 saturated carbocycles. The molecule has 0 atom stereocenters. The smallest absolute Gasteiger partial charge is 0.251 e. The number of aromatic nitrogens is 3. The van der Waals surface area contributed by atoms with Gasteiger partial charge in [0.1, 0.15) is 11.8 Å². The maximum absolute atomic E-state index is 12.4. The molecule has 1 aliphatic carbocycles. The van der Waals surface area contributed by atoms with Gasteiger partial charge in [0.25, 0.3) is 5.91 Å². The standard InChI is InChI=1S/C20H23N5O/c1-4-14-10-25-18(13(14)3)19(21-11-22-25)24-17-9-15(6-5-12(17)2)20(26)23-16-7-8-16/h5-6,9-11,16H,4,7-8H2,1-3H3,(H,23,26)(H,21,22,24). The first-order valence-corrected chi connectivity index (χ1v) is 9.07. The Hall–Kier alpha value is -2.89. The number of benzene rings is 1. The summed E-state index contributed by atoms with van der Waals surface area (Å²) in [5, 5.41) is 10.8. The normalized spacial score (nSPS) is 13.8. The number of rotatable bonds is 5. The number of nitrogens with one attached hydrogen (secondary N) is 2. The zero-order valence-electron chi connectivity index (χ0n) is 15.3. The minimum Gasteiger partial charge on any atom is -0.349 e. The van der Waals surface area contributed by atoms with E-state index in [1.165, 1.54) is 11.1 Å². The lowest BCUT2D eigenvalue weighted by molar-refractivity contribution is 0.0951. The van der Waals surface area contributed by atoms with Crippen LogP contribution in [0, 0.1) is 13.8 Å². The van der Waals surface area contributed by atoms with Crippen LogP contribution in [0.4, 0.5) is 11.5 Å². The molecule has 0 saturated heterocycles. The molecule has 4 rings (SSSR count). The molecule has 134 valence electrons. The third kappa shape index (κ3) is 3.03. The van der Waals surface area contributed by atoms with E-state index in [-0.39, 0.29) is 5.91 Å². The van der Waals surface area contributed by atoms with Crippen molar-refractivity contribution in [3.8, 4) is 0 Å². The highest BCUT2D eigenvalue weighted by Crippen LogP contribution is 2.28. The number of fused-ring (bicyclic) bond motifs is 1. The number of hydrogen-bond donors (Lipinski definition) is 2. The van der Waals surface area contributed by atoms with Crippen LogP contribution in [0.1, 0.15) is 46.8 Å². The number of carbonyl (C=O) groups is 1. The first kappa shape index (κ1) is 16.6. The molecule has 0 bridgehead atoms. The highest BCUT2D eigenvalue weighted by molar-refractivity contribution is 5.96. The predicted molar refractivity (Wildman–Crippen MR) is 102 cm³/mol. The summed E-state index contributed by atoms with van der Waals surface area (Å²) in [6, 6.07) is 6.07. The molecule has 2 N–H and O–H groups in total. The Morgan fingerprint density at radius 3 is 2.85 bits per heavy atom. The Morgan fingerprint density at radius 2 is 2.12 bits per heavy atom. The van der Waals surface area contributed by atoms with Crippen LogP contribution in [-0.4, -0.2) is 26.5 Å². The highest BCUT2D eigenvalue weighted by Gasteiger charge is 2.24. The van der Waals surface area contributed by atoms with E-state index in [0.717, 1.165) is 41.8 Å². The average molecular weight is 349 g/mol. The van der Waals surface area contributed by atoms with Gasteiger partial charge in [0.15, 0.2) is 5.82 Å². The van der Waals surface area contributed by atoms with Crippen LogP contribution >= 0.6 is 0 Å². The zero-order chi connectivity index (χ0) is 18.3. The summed E-state index contributed by atoms with van der Waals surface area (Å²) in [5.74, 6) is 0.732. The van der Waals surface area contributed by atoms with Gasteiger partial charge >= 0.3 is 0 Å². The van der Waals surface area contributed by atoms with Gasteiger partial charge in [-0.2, -0.15) is 5.10 Å². The number of amides is 1. The Balaban J connectivity index is 1.69. The van der Waals surface area contributed by atoms with Crippen molar-refractivity contribution in [1.82, 2.24) is 19.9 Å². The van der Waals surface area contributed by atoms with Crippen molar-refractivity contribution in [3.05, 3.63) is 53.0 Å². The summed E-state index contributed by atoms with van der Waals surface area (Å²) >= 11 is 0. The van der Waals surface area contributed by atoms with Crippen LogP contribution in [0.5, 0.6) is 0 Å². The molecule has 3 aromatic rings. The number of carbonyl (C=O) groups excluding carboxylic acids is 1. The number of nitrogens with zero attached hydrogens (tertiary/aromatic N) is 3. The summed E-state index contributed by atoms with van der Waals surface area (Å²) in [6.45, 7) is 6.25. The van der Waals surface area contributed by atoms with E-state index in [1.54, 1.807) is 6.33 Å². The second-order valence-corrected chi connectivity index (χ2v) is 6.94. The van der Waals surface area contributed by atoms with E-state index in [9.17, 15) is 4.79 Å². The molecule has 2 heterocycles. The SMILES string of the molecule is CCc1cn2ncnc(Nc3cc(C(=O)NC4CC4)ccc3C)c2c1C. The molecule has 6 nitrogen and oxygen atoms in total. The van der Waals surface area contributed by atoms with Gasteiger partial charge in [-0.15, -0.1) is 0 Å². The maximum Gasteiger partial charge on any atom is 0.251 e. The van der Waals surface area contributed by atoms with Gasteiger partial charge in [0.05, 0.1) is 0 Å². The Morgan fingerprint density at radius 1 is 1.31 bits per heavy atom. The van der Waals surface area contributed by atoms with Gasteiger partial charge < -0.3 is 10.6 Å². The van der Waals surface area contributed by atoms with E-state index in [4.69, 9.17) is 0 Å². The van der Waals surface area contributed by atoms with Crippen LogP contribution in [0.15, 0.2) is 30.7 Å². The summed E-state index contributed by atoms with van der Waals surface area (Å²) in [4.78, 5) is 16.8. The average Bonchev–Trinajstić information content (AvgIpc) is 3.38. The van der Waals surface area contributed by atoms with Crippen LogP contribution in [0.25, 0.3) is 5.52 Å². The fraction of sp³-hybridized carbons (Fsp3) is 0.350. The largest absolute Gasteiger partial charge is 0.349 e. The first-order chi connectivity index (χ1) is 12.6. The quantitative estimate of drug-likeness (QED) is 0.739. The van der Waals surface area contributed by atoms with Gasteiger partial charge in [0.2, 0.25) is 0 Å². The van der Waals surface area contributed by atoms with Gasteiger partial charge in [-0.3, -0.25) is 4.79 Å². The Labute approximate surface area is 152 Å². The second-order valence-electron chi connectivity index (χ2n) is 6.94. The minimum atomic E-state index is -0.0180. The molecule has 1 aromatic carbocycles. The molecule has 2 aromatic heterocycles. The lowest BCUT2D eigenvalue weighted by Gasteiger charge is -2.12. The highest BCUT2D eigenvalue weighted by atomic mass is 16.1. The summed E-state index contributed by atoms with van der Waals surface area (Å²) in [5.41, 5.74) is 6.00. The van der Waals surface area contributed by atoms with Gasteiger partial charge in [0, 0.05) is 23.5 Å². The molecule has 1 aliphatic rings. The second kappa shape index (κ2) is 6.44. The third-order valence-corrected chi connectivity index (χ3v) is 4.98. The number of hydrogen-bond acceptors (Lipinski definition) is 4. The fourth-order valence-electron chi connectivity index (χ4n) is 3.18. The third-order valence-electron chi connectivity index (χ3n) is 4.98. The maximum atomic E-state index is 12.4. The summed E-state index contributed by atoms with van der Waals surface area (Å²) < 4.78 is 1.86. The summed E-state index contributed by atoms with van der Waals surface area (Å²) in [6.07, 6.45) is 6.70. The molecule has 1 fully saturated rings. The predicted octanol–water partition coefficient (Wildman–Crippen LogP) is 3.54. The Kier molecular flexibility index (Phi) is 4.11.